The molecule has 1 fully saturated rings. The predicted octanol–water partition coefficient (Wildman–Crippen LogP) is 3.23. The van der Waals surface area contributed by atoms with Crippen molar-refractivity contribution in [3.05, 3.63) is 21.3 Å². The molecule has 0 spiro atoms. The quantitative estimate of drug-likeness (QED) is 0.880. The van der Waals surface area contributed by atoms with Crippen molar-refractivity contribution in [2.45, 2.75) is 30.9 Å². The summed E-state index contributed by atoms with van der Waals surface area (Å²) < 4.78 is 6.53. The van der Waals surface area contributed by atoms with Crippen LogP contribution in [0.5, 0.6) is 0 Å². The van der Waals surface area contributed by atoms with Crippen molar-refractivity contribution >= 4 is 22.9 Å². The first kappa shape index (κ1) is 11.4. The second-order valence-corrected chi connectivity index (χ2v) is 5.73. The molecular formula is C11H16ClNOS. The predicted molar refractivity (Wildman–Crippen MR) is 64.7 cm³/mol. The van der Waals surface area contributed by atoms with Crippen LogP contribution >= 0.6 is 22.9 Å². The SMILES string of the molecule is CNC(c1ccc(Cl)s1)C1(OC)CCC1. The van der Waals surface area contributed by atoms with E-state index in [0.717, 1.165) is 17.2 Å². The molecule has 15 heavy (non-hydrogen) atoms. The van der Waals surface area contributed by atoms with Crippen molar-refractivity contribution in [1.29, 1.82) is 0 Å². The van der Waals surface area contributed by atoms with Crippen molar-refractivity contribution in [2.75, 3.05) is 14.2 Å². The third kappa shape index (κ3) is 1.94. The van der Waals surface area contributed by atoms with Gasteiger partial charge in [-0.05, 0) is 38.4 Å². The van der Waals surface area contributed by atoms with Gasteiger partial charge in [0.2, 0.25) is 0 Å². The van der Waals surface area contributed by atoms with Gasteiger partial charge < -0.3 is 10.1 Å². The van der Waals surface area contributed by atoms with Gasteiger partial charge in [-0.3, -0.25) is 0 Å². The number of hydrogen-bond donors (Lipinski definition) is 1. The van der Waals surface area contributed by atoms with Crippen LogP contribution in [0.25, 0.3) is 0 Å². The Balaban J connectivity index is 2.23. The van der Waals surface area contributed by atoms with Crippen molar-refractivity contribution in [1.82, 2.24) is 5.32 Å². The smallest absolute Gasteiger partial charge is 0.0931 e. The van der Waals surface area contributed by atoms with Gasteiger partial charge in [0.25, 0.3) is 0 Å². The molecule has 4 heteroatoms. The van der Waals surface area contributed by atoms with Gasteiger partial charge in [-0.2, -0.15) is 0 Å². The third-order valence-electron chi connectivity index (χ3n) is 3.30. The number of hydrogen-bond acceptors (Lipinski definition) is 3. The van der Waals surface area contributed by atoms with E-state index in [-0.39, 0.29) is 11.6 Å². The maximum atomic E-state index is 5.97. The Hall–Kier alpha value is -0.0900. The van der Waals surface area contributed by atoms with Crippen molar-refractivity contribution in [3.63, 3.8) is 0 Å². The monoisotopic (exact) mass is 245 g/mol. The largest absolute Gasteiger partial charge is 0.376 e. The van der Waals surface area contributed by atoms with E-state index in [1.807, 2.05) is 13.1 Å². The highest BCUT2D eigenvalue weighted by molar-refractivity contribution is 7.16. The van der Waals surface area contributed by atoms with E-state index in [4.69, 9.17) is 16.3 Å². The van der Waals surface area contributed by atoms with Gasteiger partial charge in [-0.1, -0.05) is 11.6 Å². The number of nitrogens with one attached hydrogen (secondary N) is 1. The second-order valence-electron chi connectivity index (χ2n) is 3.99. The van der Waals surface area contributed by atoms with Gasteiger partial charge in [0.1, 0.15) is 0 Å². The number of likely N-dealkylation sites (N-methyl/N-ethyl adjacent to an activating group) is 1. The van der Waals surface area contributed by atoms with Gasteiger partial charge in [0, 0.05) is 12.0 Å². The van der Waals surface area contributed by atoms with Crippen LogP contribution in [0.2, 0.25) is 4.34 Å². The van der Waals surface area contributed by atoms with Crippen molar-refractivity contribution in [2.24, 2.45) is 0 Å². The van der Waals surface area contributed by atoms with E-state index in [0.29, 0.717) is 0 Å². The molecule has 2 rings (SSSR count). The molecule has 0 radical (unpaired) electrons. The highest BCUT2D eigenvalue weighted by atomic mass is 35.5. The highest BCUT2D eigenvalue weighted by Crippen LogP contribution is 2.46. The standard InChI is InChI=1S/C11H16ClNOS/c1-13-10(8-4-5-9(12)15-8)11(14-2)6-3-7-11/h4-5,10,13H,3,6-7H2,1-2H3. The molecule has 1 unspecified atom stereocenters. The molecule has 1 aromatic heterocycles. The summed E-state index contributed by atoms with van der Waals surface area (Å²) in [4.78, 5) is 1.27. The van der Waals surface area contributed by atoms with Crippen molar-refractivity contribution < 1.29 is 4.74 Å². The van der Waals surface area contributed by atoms with Crippen molar-refractivity contribution in [3.8, 4) is 0 Å². The van der Waals surface area contributed by atoms with Crippen LogP contribution in [0.15, 0.2) is 12.1 Å². The lowest BCUT2D eigenvalue weighted by molar-refractivity contribution is -0.0975. The summed E-state index contributed by atoms with van der Waals surface area (Å²) in [7, 11) is 3.79. The first-order chi connectivity index (χ1) is 7.22. The average molecular weight is 246 g/mol. The minimum absolute atomic E-state index is 0.0110. The molecule has 1 N–H and O–H groups in total. The van der Waals surface area contributed by atoms with Gasteiger partial charge in [0.15, 0.2) is 0 Å². The third-order valence-corrected chi connectivity index (χ3v) is 4.60. The van der Waals surface area contributed by atoms with Gasteiger partial charge in [-0.15, -0.1) is 11.3 Å². The molecule has 2 nitrogen and oxygen atoms in total. The van der Waals surface area contributed by atoms with Crippen LogP contribution < -0.4 is 5.32 Å². The van der Waals surface area contributed by atoms with E-state index in [2.05, 4.69) is 11.4 Å². The van der Waals surface area contributed by atoms with Crippen LogP contribution in [0.1, 0.15) is 30.2 Å². The minimum Gasteiger partial charge on any atom is -0.376 e. The zero-order valence-corrected chi connectivity index (χ0v) is 10.6. The van der Waals surface area contributed by atoms with Crippen LogP contribution in [-0.2, 0) is 4.74 Å². The van der Waals surface area contributed by atoms with Crippen LogP contribution in [0.4, 0.5) is 0 Å². The van der Waals surface area contributed by atoms with Crippen LogP contribution in [0.3, 0.4) is 0 Å². The molecule has 1 aromatic rings. The van der Waals surface area contributed by atoms with Gasteiger partial charge in [0.05, 0.1) is 16.0 Å². The zero-order chi connectivity index (χ0) is 10.9. The lowest BCUT2D eigenvalue weighted by Gasteiger charge is -2.46. The fourth-order valence-electron chi connectivity index (χ4n) is 2.28. The Morgan fingerprint density at radius 3 is 2.60 bits per heavy atom. The van der Waals surface area contributed by atoms with Crippen LogP contribution in [0, 0.1) is 0 Å². The molecule has 0 aliphatic heterocycles. The summed E-state index contributed by atoms with van der Waals surface area (Å²) in [6, 6.07) is 4.31. The van der Waals surface area contributed by atoms with Gasteiger partial charge >= 0.3 is 0 Å². The van der Waals surface area contributed by atoms with E-state index in [1.54, 1.807) is 18.4 Å². The molecule has 0 amide bonds. The number of halogens is 1. The molecule has 1 heterocycles. The normalized spacial score (nSPS) is 21.0. The summed E-state index contributed by atoms with van der Waals surface area (Å²) in [6.07, 6.45) is 3.51. The number of ether oxygens (including phenoxy) is 1. The summed E-state index contributed by atoms with van der Waals surface area (Å²) in [6.45, 7) is 0. The molecule has 84 valence electrons. The Morgan fingerprint density at radius 2 is 2.27 bits per heavy atom. The first-order valence-electron chi connectivity index (χ1n) is 5.19. The number of rotatable bonds is 4. The topological polar surface area (TPSA) is 21.3 Å². The zero-order valence-electron chi connectivity index (χ0n) is 9.05. The minimum atomic E-state index is -0.0110. The number of thiophene rings is 1. The molecule has 1 aliphatic rings. The molecule has 0 aromatic carbocycles. The summed E-state index contributed by atoms with van der Waals surface area (Å²) in [5.74, 6) is 0. The molecule has 0 bridgehead atoms. The lowest BCUT2D eigenvalue weighted by Crippen LogP contribution is -2.49. The van der Waals surface area contributed by atoms with E-state index in [1.165, 1.54) is 11.3 Å². The fourth-order valence-corrected chi connectivity index (χ4v) is 3.56. The molecule has 1 saturated carbocycles. The average Bonchev–Trinajstić information content (AvgIpc) is 2.58. The van der Waals surface area contributed by atoms with E-state index < -0.39 is 0 Å². The van der Waals surface area contributed by atoms with Gasteiger partial charge in [-0.25, -0.2) is 0 Å². The lowest BCUT2D eigenvalue weighted by atomic mass is 9.74. The summed E-state index contributed by atoms with van der Waals surface area (Å²) in [5.41, 5.74) is -0.0110. The maximum Gasteiger partial charge on any atom is 0.0931 e. The Kier molecular flexibility index (Phi) is 3.36. The molecule has 1 aliphatic carbocycles. The summed E-state index contributed by atoms with van der Waals surface area (Å²) >= 11 is 7.60. The highest BCUT2D eigenvalue weighted by Gasteiger charge is 2.45. The van der Waals surface area contributed by atoms with E-state index >= 15 is 0 Å². The first-order valence-corrected chi connectivity index (χ1v) is 6.39. The second kappa shape index (κ2) is 4.42. The molecule has 1 atom stereocenters. The summed E-state index contributed by atoms with van der Waals surface area (Å²) in [5, 5.41) is 3.35. The maximum absolute atomic E-state index is 5.97. The fraction of sp³-hybridized carbons (Fsp3) is 0.636. The Bertz CT molecular complexity index is 330. The Labute approximate surface area is 99.6 Å². The molecule has 0 saturated heterocycles. The number of methoxy groups -OCH3 is 1. The Morgan fingerprint density at radius 1 is 1.53 bits per heavy atom. The van der Waals surface area contributed by atoms with Crippen LogP contribution in [-0.4, -0.2) is 19.8 Å². The van der Waals surface area contributed by atoms with E-state index in [9.17, 15) is 0 Å². The molecular weight excluding hydrogens is 230 g/mol.